The van der Waals surface area contributed by atoms with Crippen molar-refractivity contribution in [1.29, 1.82) is 0 Å². The molecular formula is C13H17O3P. The van der Waals surface area contributed by atoms with Gasteiger partial charge in [0.2, 0.25) is 0 Å². The minimum absolute atomic E-state index is 0.154. The van der Waals surface area contributed by atoms with Crippen LogP contribution in [-0.4, -0.2) is 11.5 Å². The zero-order valence-electron chi connectivity index (χ0n) is 9.82. The SMILES string of the molecule is CCC=CCOP(=O)(O)C=Cc1ccccc1. The van der Waals surface area contributed by atoms with Gasteiger partial charge in [0.25, 0.3) is 0 Å². The van der Waals surface area contributed by atoms with Crippen LogP contribution in [0.4, 0.5) is 0 Å². The third-order valence-electron chi connectivity index (χ3n) is 2.01. The third kappa shape index (κ3) is 6.22. The van der Waals surface area contributed by atoms with E-state index in [-0.39, 0.29) is 6.61 Å². The smallest absolute Gasteiger partial charge is 0.321 e. The molecule has 1 atom stereocenters. The van der Waals surface area contributed by atoms with E-state index < -0.39 is 7.60 Å². The Morgan fingerprint density at radius 2 is 2.00 bits per heavy atom. The lowest BCUT2D eigenvalue weighted by Crippen LogP contribution is -1.86. The molecule has 92 valence electrons. The van der Waals surface area contributed by atoms with Gasteiger partial charge in [0.15, 0.2) is 0 Å². The molecule has 0 saturated carbocycles. The van der Waals surface area contributed by atoms with E-state index in [2.05, 4.69) is 0 Å². The number of rotatable bonds is 6. The first kappa shape index (κ1) is 13.9. The lowest BCUT2D eigenvalue weighted by molar-refractivity contribution is 0.297. The average Bonchev–Trinajstić information content (AvgIpc) is 2.34. The highest BCUT2D eigenvalue weighted by Crippen LogP contribution is 2.43. The van der Waals surface area contributed by atoms with Gasteiger partial charge in [0.1, 0.15) is 0 Å². The Kier molecular flexibility index (Phi) is 5.92. The second kappa shape index (κ2) is 7.23. The highest BCUT2D eigenvalue weighted by atomic mass is 31.2. The second-order valence-corrected chi connectivity index (χ2v) is 5.15. The lowest BCUT2D eigenvalue weighted by Gasteiger charge is -2.05. The highest BCUT2D eigenvalue weighted by Gasteiger charge is 2.12. The molecule has 0 fully saturated rings. The van der Waals surface area contributed by atoms with E-state index in [1.54, 1.807) is 12.2 Å². The molecule has 0 bridgehead atoms. The Morgan fingerprint density at radius 1 is 1.29 bits per heavy atom. The lowest BCUT2D eigenvalue weighted by atomic mass is 10.2. The van der Waals surface area contributed by atoms with Gasteiger partial charge in [-0.3, -0.25) is 4.57 Å². The quantitative estimate of drug-likeness (QED) is 0.618. The maximum Gasteiger partial charge on any atom is 0.351 e. The van der Waals surface area contributed by atoms with Crippen molar-refractivity contribution in [3.05, 3.63) is 53.9 Å². The Bertz CT molecular complexity index is 424. The summed E-state index contributed by atoms with van der Waals surface area (Å²) in [5, 5.41) is 0. The minimum Gasteiger partial charge on any atom is -0.321 e. The molecule has 3 nitrogen and oxygen atoms in total. The van der Waals surface area contributed by atoms with Crippen LogP contribution in [0.5, 0.6) is 0 Å². The summed E-state index contributed by atoms with van der Waals surface area (Å²) in [6.07, 6.45) is 6.10. The zero-order valence-corrected chi connectivity index (χ0v) is 10.7. The zero-order chi connectivity index (χ0) is 12.6. The molecule has 0 aromatic heterocycles. The summed E-state index contributed by atoms with van der Waals surface area (Å²) in [6, 6.07) is 9.34. The molecule has 0 saturated heterocycles. The molecular weight excluding hydrogens is 235 g/mol. The van der Waals surface area contributed by atoms with Crippen molar-refractivity contribution in [2.24, 2.45) is 0 Å². The molecule has 1 N–H and O–H groups in total. The van der Waals surface area contributed by atoms with Crippen LogP contribution < -0.4 is 0 Å². The van der Waals surface area contributed by atoms with Crippen LogP contribution in [0.1, 0.15) is 18.9 Å². The van der Waals surface area contributed by atoms with Crippen LogP contribution in [0.2, 0.25) is 0 Å². The van der Waals surface area contributed by atoms with E-state index >= 15 is 0 Å². The van der Waals surface area contributed by atoms with Crippen molar-refractivity contribution in [3.8, 4) is 0 Å². The first-order valence-electron chi connectivity index (χ1n) is 5.50. The Morgan fingerprint density at radius 3 is 2.65 bits per heavy atom. The van der Waals surface area contributed by atoms with Crippen LogP contribution in [0.3, 0.4) is 0 Å². The largest absolute Gasteiger partial charge is 0.351 e. The van der Waals surface area contributed by atoms with Crippen molar-refractivity contribution in [2.75, 3.05) is 6.61 Å². The molecule has 1 aromatic rings. The van der Waals surface area contributed by atoms with Crippen molar-refractivity contribution in [3.63, 3.8) is 0 Å². The molecule has 4 heteroatoms. The van der Waals surface area contributed by atoms with Crippen LogP contribution in [0, 0.1) is 0 Å². The van der Waals surface area contributed by atoms with Gasteiger partial charge in [0, 0.05) is 5.82 Å². The van der Waals surface area contributed by atoms with E-state index in [4.69, 9.17) is 4.52 Å². The van der Waals surface area contributed by atoms with Gasteiger partial charge < -0.3 is 9.42 Å². The van der Waals surface area contributed by atoms with Crippen molar-refractivity contribution in [1.82, 2.24) is 0 Å². The van der Waals surface area contributed by atoms with E-state index in [0.717, 1.165) is 12.0 Å². The van der Waals surface area contributed by atoms with Crippen LogP contribution >= 0.6 is 7.60 Å². The number of allylic oxidation sites excluding steroid dienone is 1. The van der Waals surface area contributed by atoms with E-state index in [1.807, 2.05) is 43.3 Å². The number of hydrogen-bond donors (Lipinski definition) is 1. The first-order valence-corrected chi connectivity index (χ1v) is 7.15. The van der Waals surface area contributed by atoms with Crippen LogP contribution in [0.25, 0.3) is 6.08 Å². The normalized spacial score (nSPS) is 15.4. The fourth-order valence-corrected chi connectivity index (χ4v) is 1.92. The molecule has 0 aliphatic heterocycles. The van der Waals surface area contributed by atoms with Gasteiger partial charge in [0.05, 0.1) is 6.61 Å². The Labute approximate surface area is 102 Å². The fraction of sp³-hybridized carbons (Fsp3) is 0.231. The first-order chi connectivity index (χ1) is 8.14. The summed E-state index contributed by atoms with van der Waals surface area (Å²) in [5.41, 5.74) is 0.870. The van der Waals surface area contributed by atoms with Gasteiger partial charge >= 0.3 is 7.60 Å². The third-order valence-corrected chi connectivity index (χ3v) is 3.06. The summed E-state index contributed by atoms with van der Waals surface area (Å²) in [5.74, 6) is 1.21. The van der Waals surface area contributed by atoms with Gasteiger partial charge in [-0.2, -0.15) is 0 Å². The molecule has 1 unspecified atom stereocenters. The molecule has 1 rings (SSSR count). The Balaban J connectivity index is 2.51. The summed E-state index contributed by atoms with van der Waals surface area (Å²) in [6.45, 7) is 2.14. The van der Waals surface area contributed by atoms with Crippen LogP contribution in [0.15, 0.2) is 48.3 Å². The molecule has 0 heterocycles. The van der Waals surface area contributed by atoms with Crippen molar-refractivity contribution < 1.29 is 14.0 Å². The van der Waals surface area contributed by atoms with Gasteiger partial charge in [-0.15, -0.1) is 0 Å². The van der Waals surface area contributed by atoms with Crippen molar-refractivity contribution in [2.45, 2.75) is 13.3 Å². The summed E-state index contributed by atoms with van der Waals surface area (Å²) >= 11 is 0. The maximum atomic E-state index is 11.6. The molecule has 17 heavy (non-hydrogen) atoms. The number of hydrogen-bond acceptors (Lipinski definition) is 2. The average molecular weight is 252 g/mol. The molecule has 0 spiro atoms. The van der Waals surface area contributed by atoms with Gasteiger partial charge in [-0.25, -0.2) is 0 Å². The summed E-state index contributed by atoms with van der Waals surface area (Å²) in [4.78, 5) is 9.49. The molecule has 1 aromatic carbocycles. The monoisotopic (exact) mass is 252 g/mol. The van der Waals surface area contributed by atoms with Gasteiger partial charge in [-0.1, -0.05) is 49.4 Å². The molecule has 0 aliphatic carbocycles. The van der Waals surface area contributed by atoms with Gasteiger partial charge in [-0.05, 0) is 18.1 Å². The Hall–Kier alpha value is -1.15. The van der Waals surface area contributed by atoms with E-state index in [1.165, 1.54) is 5.82 Å². The predicted octanol–water partition coefficient (Wildman–Crippen LogP) is 3.83. The topological polar surface area (TPSA) is 46.5 Å². The standard InChI is InChI=1S/C13H17O3P/c1-2-3-7-11-16-17(14,15)12-10-13-8-5-4-6-9-13/h3-10,12H,2,11H2,1H3,(H,14,15). The number of benzene rings is 1. The second-order valence-electron chi connectivity index (χ2n) is 3.47. The van der Waals surface area contributed by atoms with E-state index in [9.17, 15) is 9.46 Å². The maximum absolute atomic E-state index is 11.6. The fourth-order valence-electron chi connectivity index (χ4n) is 1.17. The van der Waals surface area contributed by atoms with Crippen LogP contribution in [-0.2, 0) is 9.09 Å². The van der Waals surface area contributed by atoms with E-state index in [0.29, 0.717) is 0 Å². The minimum atomic E-state index is -3.63. The molecule has 0 aliphatic rings. The molecule has 0 radical (unpaired) electrons. The molecule has 0 amide bonds. The summed E-state index contributed by atoms with van der Waals surface area (Å²) < 4.78 is 16.5. The van der Waals surface area contributed by atoms with Crippen molar-refractivity contribution >= 4 is 13.7 Å². The predicted molar refractivity (Wildman–Crippen MR) is 70.7 cm³/mol. The highest BCUT2D eigenvalue weighted by molar-refractivity contribution is 7.56. The summed E-state index contributed by atoms with van der Waals surface area (Å²) in [7, 11) is -3.63.